The summed E-state index contributed by atoms with van der Waals surface area (Å²) < 4.78 is 35.4. The molecule has 0 amide bonds. The molecule has 0 aliphatic heterocycles. The normalized spacial score (nSPS) is 10.4. The number of aliphatic hydroxyl groups excluding tert-OH is 1. The van der Waals surface area contributed by atoms with Crippen LogP contribution in [0.2, 0.25) is 0 Å². The number of ether oxygens (including phenoxy) is 1. The molecular formula is C17H18ClNO5S. The van der Waals surface area contributed by atoms with Crippen molar-refractivity contribution in [3.63, 3.8) is 0 Å². The van der Waals surface area contributed by atoms with Gasteiger partial charge in [-0.25, -0.2) is 0 Å². The summed E-state index contributed by atoms with van der Waals surface area (Å²) in [6.45, 7) is 2.10. The van der Waals surface area contributed by atoms with E-state index in [1.165, 1.54) is 24.3 Å². The molecule has 8 heteroatoms. The van der Waals surface area contributed by atoms with Crippen LogP contribution < -0.4 is 8.92 Å². The number of benzene rings is 2. The Morgan fingerprint density at radius 1 is 1.16 bits per heavy atom. The largest absolute Gasteiger partial charge is 0.493 e. The van der Waals surface area contributed by atoms with Gasteiger partial charge in [-0.15, -0.1) is 12.4 Å². The molecule has 0 saturated carbocycles. The van der Waals surface area contributed by atoms with E-state index in [2.05, 4.69) is 0 Å². The summed E-state index contributed by atoms with van der Waals surface area (Å²) in [5.41, 5.74) is 0.778. The Hall–Kier alpha value is -2.27. The second-order valence-corrected chi connectivity index (χ2v) is 6.57. The van der Waals surface area contributed by atoms with Gasteiger partial charge in [0.05, 0.1) is 12.2 Å². The van der Waals surface area contributed by atoms with Gasteiger partial charge in [-0.1, -0.05) is 12.1 Å². The van der Waals surface area contributed by atoms with Crippen LogP contribution in [0.5, 0.6) is 11.5 Å². The minimum atomic E-state index is -4.13. The topological polar surface area (TPSA) is 96.6 Å². The van der Waals surface area contributed by atoms with Crippen LogP contribution in [-0.2, 0) is 10.1 Å². The SMILES string of the molecule is Cc1cc(OCCCO)cc(OS(=O)(=O)c2ccccc2C#N)c1.Cl. The lowest BCUT2D eigenvalue weighted by atomic mass is 10.2. The summed E-state index contributed by atoms with van der Waals surface area (Å²) in [6.07, 6.45) is 0.470. The molecule has 6 nitrogen and oxygen atoms in total. The van der Waals surface area contributed by atoms with Gasteiger partial charge in [-0.2, -0.15) is 13.7 Å². The summed E-state index contributed by atoms with van der Waals surface area (Å²) >= 11 is 0. The Bertz CT molecular complexity index is 862. The minimum Gasteiger partial charge on any atom is -0.493 e. The molecule has 2 rings (SSSR count). The second-order valence-electron chi connectivity index (χ2n) is 5.05. The van der Waals surface area contributed by atoms with Crippen molar-refractivity contribution in [2.24, 2.45) is 0 Å². The zero-order valence-electron chi connectivity index (χ0n) is 13.5. The van der Waals surface area contributed by atoms with Crippen LogP contribution in [0, 0.1) is 18.3 Å². The predicted octanol–water partition coefficient (Wildman–Crippen LogP) is 2.82. The van der Waals surface area contributed by atoms with Gasteiger partial charge < -0.3 is 14.0 Å². The molecule has 2 aromatic carbocycles. The summed E-state index contributed by atoms with van der Waals surface area (Å²) in [5, 5.41) is 17.8. The van der Waals surface area contributed by atoms with Gasteiger partial charge in [0.2, 0.25) is 0 Å². The van der Waals surface area contributed by atoms with Gasteiger partial charge in [0.1, 0.15) is 22.5 Å². The van der Waals surface area contributed by atoms with Gasteiger partial charge in [-0.05, 0) is 36.8 Å². The maximum absolute atomic E-state index is 12.4. The zero-order chi connectivity index (χ0) is 17.6. The van der Waals surface area contributed by atoms with Crippen LogP contribution in [0.25, 0.3) is 0 Å². The number of aliphatic hydroxyl groups is 1. The lowest BCUT2D eigenvalue weighted by Crippen LogP contribution is -2.11. The fraction of sp³-hybridized carbons (Fsp3) is 0.235. The first kappa shape index (κ1) is 20.8. The molecule has 0 heterocycles. The number of nitriles is 1. The van der Waals surface area contributed by atoms with E-state index >= 15 is 0 Å². The van der Waals surface area contributed by atoms with Crippen molar-refractivity contribution in [2.45, 2.75) is 18.2 Å². The number of aryl methyl sites for hydroxylation is 1. The molecule has 1 N–H and O–H groups in total. The Balaban J connectivity index is 0.00000312. The van der Waals surface area contributed by atoms with Crippen molar-refractivity contribution in [1.82, 2.24) is 0 Å². The molecule has 0 aliphatic rings. The molecule has 0 spiro atoms. The Morgan fingerprint density at radius 3 is 2.52 bits per heavy atom. The number of hydrogen-bond acceptors (Lipinski definition) is 6. The Morgan fingerprint density at radius 2 is 1.84 bits per heavy atom. The minimum absolute atomic E-state index is 0. The number of hydrogen-bond donors (Lipinski definition) is 1. The quantitative estimate of drug-likeness (QED) is 0.583. The van der Waals surface area contributed by atoms with Crippen LogP contribution in [0.1, 0.15) is 17.5 Å². The molecular weight excluding hydrogens is 366 g/mol. The standard InChI is InChI=1S/C17H17NO5S.ClH/c1-13-9-15(22-8-4-7-19)11-16(10-13)23-24(20,21)17-6-3-2-5-14(17)12-18;/h2-3,5-6,9-11,19H,4,7-8H2,1H3;1H. The molecule has 0 saturated heterocycles. The van der Waals surface area contributed by atoms with E-state index in [-0.39, 0.29) is 35.2 Å². The van der Waals surface area contributed by atoms with E-state index in [4.69, 9.17) is 19.3 Å². The maximum Gasteiger partial charge on any atom is 0.340 e. The number of rotatable bonds is 7. The zero-order valence-corrected chi connectivity index (χ0v) is 15.1. The number of halogens is 1. The van der Waals surface area contributed by atoms with Crippen molar-refractivity contribution in [3.05, 3.63) is 53.6 Å². The highest BCUT2D eigenvalue weighted by molar-refractivity contribution is 7.87. The molecule has 0 aromatic heterocycles. The fourth-order valence-electron chi connectivity index (χ4n) is 2.05. The summed E-state index contributed by atoms with van der Waals surface area (Å²) in [4.78, 5) is -0.184. The van der Waals surface area contributed by atoms with Crippen molar-refractivity contribution < 1.29 is 22.4 Å². The van der Waals surface area contributed by atoms with Gasteiger partial charge in [-0.3, -0.25) is 0 Å². The Kier molecular flexibility index (Phi) is 7.71. The molecule has 0 fully saturated rings. The third-order valence-electron chi connectivity index (χ3n) is 3.08. The van der Waals surface area contributed by atoms with Crippen LogP contribution in [-0.4, -0.2) is 26.7 Å². The van der Waals surface area contributed by atoms with E-state index in [0.29, 0.717) is 18.8 Å². The van der Waals surface area contributed by atoms with Crippen molar-refractivity contribution >= 4 is 22.5 Å². The summed E-state index contributed by atoms with van der Waals surface area (Å²) in [7, 11) is -4.13. The van der Waals surface area contributed by atoms with Crippen molar-refractivity contribution in [1.29, 1.82) is 5.26 Å². The van der Waals surface area contributed by atoms with Crippen LogP contribution in [0.4, 0.5) is 0 Å². The third-order valence-corrected chi connectivity index (χ3v) is 4.38. The highest BCUT2D eigenvalue weighted by atomic mass is 35.5. The fourth-order valence-corrected chi connectivity index (χ4v) is 3.12. The van der Waals surface area contributed by atoms with E-state index in [9.17, 15) is 8.42 Å². The lowest BCUT2D eigenvalue weighted by molar-refractivity contribution is 0.233. The molecule has 134 valence electrons. The molecule has 0 radical (unpaired) electrons. The van der Waals surface area contributed by atoms with Gasteiger partial charge in [0.15, 0.2) is 0 Å². The predicted molar refractivity (Wildman–Crippen MR) is 94.6 cm³/mol. The highest BCUT2D eigenvalue weighted by Crippen LogP contribution is 2.26. The average Bonchev–Trinajstić information content (AvgIpc) is 2.54. The van der Waals surface area contributed by atoms with E-state index in [1.54, 1.807) is 25.1 Å². The van der Waals surface area contributed by atoms with E-state index < -0.39 is 10.1 Å². The molecule has 0 aliphatic carbocycles. The summed E-state index contributed by atoms with van der Waals surface area (Å²) in [5.74, 6) is 0.545. The molecule has 2 aromatic rings. The molecule has 25 heavy (non-hydrogen) atoms. The second kappa shape index (κ2) is 9.28. The molecule has 0 unspecified atom stereocenters. The van der Waals surface area contributed by atoms with Gasteiger partial charge >= 0.3 is 10.1 Å². The van der Waals surface area contributed by atoms with E-state index in [1.807, 2.05) is 6.07 Å². The lowest BCUT2D eigenvalue weighted by Gasteiger charge is -2.11. The van der Waals surface area contributed by atoms with Crippen molar-refractivity contribution in [2.75, 3.05) is 13.2 Å². The smallest absolute Gasteiger partial charge is 0.340 e. The Labute approximate surface area is 153 Å². The van der Waals surface area contributed by atoms with Gasteiger partial charge in [0, 0.05) is 19.1 Å². The molecule has 0 atom stereocenters. The first-order valence-electron chi connectivity index (χ1n) is 7.25. The van der Waals surface area contributed by atoms with Gasteiger partial charge in [0.25, 0.3) is 0 Å². The average molecular weight is 384 g/mol. The van der Waals surface area contributed by atoms with Crippen LogP contribution >= 0.6 is 12.4 Å². The first-order valence-corrected chi connectivity index (χ1v) is 8.66. The first-order chi connectivity index (χ1) is 11.5. The molecule has 0 bridgehead atoms. The highest BCUT2D eigenvalue weighted by Gasteiger charge is 2.21. The summed E-state index contributed by atoms with van der Waals surface area (Å²) in [6, 6.07) is 12.4. The third kappa shape index (κ3) is 5.64. The van der Waals surface area contributed by atoms with Crippen LogP contribution in [0.3, 0.4) is 0 Å². The maximum atomic E-state index is 12.4. The van der Waals surface area contributed by atoms with Crippen molar-refractivity contribution in [3.8, 4) is 17.6 Å². The monoisotopic (exact) mass is 383 g/mol. The van der Waals surface area contributed by atoms with Crippen LogP contribution in [0.15, 0.2) is 47.4 Å². The van der Waals surface area contributed by atoms with E-state index in [0.717, 1.165) is 5.56 Å². The number of nitrogens with zero attached hydrogens (tertiary/aromatic N) is 1.